The summed E-state index contributed by atoms with van der Waals surface area (Å²) < 4.78 is 0. The number of H-pyrrole nitrogens is 1. The molecular formula is C14H18N4O. The lowest BCUT2D eigenvalue weighted by Gasteiger charge is -2.21. The third-order valence-electron chi connectivity index (χ3n) is 2.87. The molecule has 0 spiro atoms. The smallest absolute Gasteiger partial charge is 0.272 e. The monoisotopic (exact) mass is 258 g/mol. The van der Waals surface area contributed by atoms with Crippen LogP contribution in [0.5, 0.6) is 0 Å². The summed E-state index contributed by atoms with van der Waals surface area (Å²) in [6.07, 6.45) is 2.50. The fourth-order valence-electron chi connectivity index (χ4n) is 1.91. The molecule has 0 aliphatic rings. The summed E-state index contributed by atoms with van der Waals surface area (Å²) in [6, 6.07) is 9.27. The maximum absolute atomic E-state index is 12.3. The predicted octanol–water partition coefficient (Wildman–Crippen LogP) is 2.04. The Hall–Kier alpha value is -2.30. The van der Waals surface area contributed by atoms with Crippen molar-refractivity contribution in [2.24, 2.45) is 0 Å². The lowest BCUT2D eigenvalue weighted by molar-refractivity contribution is 0.0737. The van der Waals surface area contributed by atoms with Gasteiger partial charge in [0.15, 0.2) is 0 Å². The number of benzene rings is 1. The van der Waals surface area contributed by atoms with Crippen molar-refractivity contribution >= 4 is 11.6 Å². The van der Waals surface area contributed by atoms with Crippen molar-refractivity contribution in [3.05, 3.63) is 47.8 Å². The lowest BCUT2D eigenvalue weighted by Crippen LogP contribution is -2.31. The first kappa shape index (κ1) is 13.1. The van der Waals surface area contributed by atoms with Gasteiger partial charge in [0.1, 0.15) is 5.69 Å². The summed E-state index contributed by atoms with van der Waals surface area (Å²) in [6.45, 7) is 3.34. The lowest BCUT2D eigenvalue weighted by atomic mass is 10.2. The summed E-state index contributed by atoms with van der Waals surface area (Å²) in [7, 11) is 0. The van der Waals surface area contributed by atoms with E-state index in [-0.39, 0.29) is 5.91 Å². The number of rotatable bonds is 5. The maximum atomic E-state index is 12.3. The first-order valence-electron chi connectivity index (χ1n) is 6.33. The molecule has 100 valence electrons. The van der Waals surface area contributed by atoms with Crippen molar-refractivity contribution in [2.75, 3.05) is 12.3 Å². The Labute approximate surface area is 112 Å². The van der Waals surface area contributed by atoms with E-state index < -0.39 is 0 Å². The Kier molecular flexibility index (Phi) is 4.18. The molecule has 0 unspecified atom stereocenters. The standard InChI is InChI=1S/C14H18N4O/c1-2-9-18(14(19)13-7-8-16-17-13)10-11-3-5-12(15)6-4-11/h3-8H,2,9-10,15H2,1H3,(H,16,17). The molecule has 2 rings (SSSR count). The number of carbonyl (C=O) groups excluding carboxylic acids is 1. The maximum Gasteiger partial charge on any atom is 0.272 e. The minimum atomic E-state index is -0.0313. The van der Waals surface area contributed by atoms with Crippen LogP contribution in [0.25, 0.3) is 0 Å². The molecule has 19 heavy (non-hydrogen) atoms. The van der Waals surface area contributed by atoms with Crippen LogP contribution in [0.1, 0.15) is 29.4 Å². The van der Waals surface area contributed by atoms with Crippen LogP contribution in [-0.4, -0.2) is 27.5 Å². The molecule has 0 radical (unpaired) electrons. The first-order valence-corrected chi connectivity index (χ1v) is 6.33. The minimum Gasteiger partial charge on any atom is -0.399 e. The van der Waals surface area contributed by atoms with E-state index in [9.17, 15) is 4.79 Å². The number of amides is 1. The number of anilines is 1. The predicted molar refractivity (Wildman–Crippen MR) is 74.5 cm³/mol. The van der Waals surface area contributed by atoms with Crippen molar-refractivity contribution < 1.29 is 4.79 Å². The Balaban J connectivity index is 2.11. The van der Waals surface area contributed by atoms with E-state index >= 15 is 0 Å². The zero-order chi connectivity index (χ0) is 13.7. The molecule has 0 saturated heterocycles. The molecular weight excluding hydrogens is 240 g/mol. The number of aromatic nitrogens is 2. The fourth-order valence-corrected chi connectivity index (χ4v) is 1.91. The summed E-state index contributed by atoms with van der Waals surface area (Å²) in [5, 5.41) is 6.52. The first-order chi connectivity index (χ1) is 9.20. The van der Waals surface area contributed by atoms with Crippen LogP contribution >= 0.6 is 0 Å². The third-order valence-corrected chi connectivity index (χ3v) is 2.87. The highest BCUT2D eigenvalue weighted by Crippen LogP contribution is 2.11. The molecule has 1 aromatic carbocycles. The largest absolute Gasteiger partial charge is 0.399 e. The molecule has 0 fully saturated rings. The Bertz CT molecular complexity index is 519. The highest BCUT2D eigenvalue weighted by molar-refractivity contribution is 5.92. The third kappa shape index (κ3) is 3.34. The highest BCUT2D eigenvalue weighted by atomic mass is 16.2. The average molecular weight is 258 g/mol. The Morgan fingerprint density at radius 1 is 1.32 bits per heavy atom. The number of nitrogens with one attached hydrogen (secondary N) is 1. The van der Waals surface area contributed by atoms with Gasteiger partial charge in [0.2, 0.25) is 0 Å². The van der Waals surface area contributed by atoms with Gasteiger partial charge in [-0.25, -0.2) is 0 Å². The van der Waals surface area contributed by atoms with Crippen LogP contribution in [0.2, 0.25) is 0 Å². The second-order valence-corrected chi connectivity index (χ2v) is 4.44. The van der Waals surface area contributed by atoms with Gasteiger partial charge in [0.25, 0.3) is 5.91 Å². The quantitative estimate of drug-likeness (QED) is 0.806. The fraction of sp³-hybridized carbons (Fsp3) is 0.286. The second-order valence-electron chi connectivity index (χ2n) is 4.44. The van der Waals surface area contributed by atoms with E-state index in [2.05, 4.69) is 17.1 Å². The molecule has 1 heterocycles. The van der Waals surface area contributed by atoms with Crippen LogP contribution in [0.15, 0.2) is 36.5 Å². The number of aromatic amines is 1. The number of nitrogen functional groups attached to an aromatic ring is 1. The van der Waals surface area contributed by atoms with Crippen LogP contribution < -0.4 is 5.73 Å². The van der Waals surface area contributed by atoms with Crippen LogP contribution in [0.4, 0.5) is 5.69 Å². The van der Waals surface area contributed by atoms with Gasteiger partial charge in [-0.15, -0.1) is 0 Å². The van der Waals surface area contributed by atoms with Gasteiger partial charge in [0, 0.05) is 25.0 Å². The van der Waals surface area contributed by atoms with Gasteiger partial charge >= 0.3 is 0 Å². The molecule has 0 bridgehead atoms. The van der Waals surface area contributed by atoms with Crippen molar-refractivity contribution in [3.63, 3.8) is 0 Å². The second kappa shape index (κ2) is 6.04. The zero-order valence-electron chi connectivity index (χ0n) is 11.0. The van der Waals surface area contributed by atoms with Crippen molar-refractivity contribution in [2.45, 2.75) is 19.9 Å². The summed E-state index contributed by atoms with van der Waals surface area (Å²) in [4.78, 5) is 14.1. The number of carbonyl (C=O) groups is 1. The van der Waals surface area contributed by atoms with Crippen LogP contribution in [0.3, 0.4) is 0 Å². The number of hydrogen-bond donors (Lipinski definition) is 2. The SMILES string of the molecule is CCCN(Cc1ccc(N)cc1)C(=O)c1ccn[nH]1. The minimum absolute atomic E-state index is 0.0313. The zero-order valence-corrected chi connectivity index (χ0v) is 11.0. The van der Waals surface area contributed by atoms with Crippen molar-refractivity contribution in [3.8, 4) is 0 Å². The van der Waals surface area contributed by atoms with E-state index in [4.69, 9.17) is 5.73 Å². The number of nitrogens with two attached hydrogens (primary N) is 1. The van der Waals surface area contributed by atoms with Crippen molar-refractivity contribution in [1.82, 2.24) is 15.1 Å². The molecule has 0 aliphatic carbocycles. The van der Waals surface area contributed by atoms with Crippen LogP contribution in [-0.2, 0) is 6.54 Å². The molecule has 2 aromatic rings. The van der Waals surface area contributed by atoms with Gasteiger partial charge in [-0.05, 0) is 30.2 Å². The number of hydrogen-bond acceptors (Lipinski definition) is 3. The number of nitrogens with zero attached hydrogens (tertiary/aromatic N) is 2. The van der Waals surface area contributed by atoms with Gasteiger partial charge in [-0.2, -0.15) is 5.10 Å². The summed E-state index contributed by atoms with van der Waals surface area (Å²) in [5.74, 6) is -0.0313. The Morgan fingerprint density at radius 2 is 2.05 bits per heavy atom. The molecule has 0 atom stereocenters. The molecule has 5 heteroatoms. The van der Waals surface area contributed by atoms with Gasteiger partial charge in [-0.3, -0.25) is 9.89 Å². The molecule has 5 nitrogen and oxygen atoms in total. The van der Waals surface area contributed by atoms with E-state index in [1.165, 1.54) is 0 Å². The molecule has 0 saturated carbocycles. The molecule has 1 aromatic heterocycles. The molecule has 0 aliphatic heterocycles. The van der Waals surface area contributed by atoms with Crippen LogP contribution in [0, 0.1) is 0 Å². The Morgan fingerprint density at radius 3 is 2.63 bits per heavy atom. The topological polar surface area (TPSA) is 75.0 Å². The summed E-state index contributed by atoms with van der Waals surface area (Å²) in [5.41, 5.74) is 7.97. The normalized spacial score (nSPS) is 10.4. The van der Waals surface area contributed by atoms with Crippen molar-refractivity contribution in [1.29, 1.82) is 0 Å². The molecule has 3 N–H and O–H groups in total. The average Bonchev–Trinajstić information content (AvgIpc) is 2.94. The van der Waals surface area contributed by atoms with E-state index in [1.807, 2.05) is 24.3 Å². The van der Waals surface area contributed by atoms with E-state index in [1.54, 1.807) is 17.2 Å². The highest BCUT2D eigenvalue weighted by Gasteiger charge is 2.16. The van der Waals surface area contributed by atoms with Gasteiger partial charge in [-0.1, -0.05) is 19.1 Å². The summed E-state index contributed by atoms with van der Waals surface area (Å²) >= 11 is 0. The van der Waals surface area contributed by atoms with E-state index in [0.717, 1.165) is 17.7 Å². The van der Waals surface area contributed by atoms with Gasteiger partial charge < -0.3 is 10.6 Å². The molecule has 1 amide bonds. The van der Waals surface area contributed by atoms with Gasteiger partial charge in [0.05, 0.1) is 0 Å². The van der Waals surface area contributed by atoms with E-state index in [0.29, 0.717) is 18.8 Å².